The first-order valence-corrected chi connectivity index (χ1v) is 6.08. The fourth-order valence-electron chi connectivity index (χ4n) is 3.32. The van der Waals surface area contributed by atoms with Crippen LogP contribution in [0.3, 0.4) is 0 Å². The molecule has 1 saturated carbocycles. The Bertz CT molecular complexity index is 254. The quantitative estimate of drug-likeness (QED) is 0.682. The highest BCUT2D eigenvalue weighted by molar-refractivity contribution is 5.33. The van der Waals surface area contributed by atoms with E-state index in [1.54, 1.807) is 5.57 Å². The topological polar surface area (TPSA) is 20.2 Å². The number of allylic oxidation sites excluding steroid dienone is 1. The molecule has 2 aliphatic rings. The van der Waals surface area contributed by atoms with Crippen molar-refractivity contribution >= 4 is 0 Å². The summed E-state index contributed by atoms with van der Waals surface area (Å²) in [4.78, 5) is 0. The highest BCUT2D eigenvalue weighted by Gasteiger charge is 2.43. The van der Waals surface area contributed by atoms with Gasteiger partial charge in [0.15, 0.2) is 0 Å². The molecule has 0 aromatic carbocycles. The predicted molar refractivity (Wildman–Crippen MR) is 59.1 cm³/mol. The van der Waals surface area contributed by atoms with Crippen molar-refractivity contribution in [2.24, 2.45) is 5.41 Å². The van der Waals surface area contributed by atoms with Gasteiger partial charge < -0.3 is 5.11 Å². The van der Waals surface area contributed by atoms with Crippen molar-refractivity contribution in [3.05, 3.63) is 11.1 Å². The number of rotatable bonds is 3. The van der Waals surface area contributed by atoms with Crippen molar-refractivity contribution in [1.29, 1.82) is 0 Å². The van der Waals surface area contributed by atoms with Crippen molar-refractivity contribution in [2.75, 3.05) is 0 Å². The number of aliphatic hydroxyl groups is 1. The van der Waals surface area contributed by atoms with E-state index < -0.39 is 0 Å². The van der Waals surface area contributed by atoms with Gasteiger partial charge in [-0.05, 0) is 49.5 Å². The van der Waals surface area contributed by atoms with Crippen LogP contribution in [0, 0.1) is 5.41 Å². The van der Waals surface area contributed by atoms with Crippen LogP contribution in [-0.2, 0) is 0 Å². The Hall–Kier alpha value is -0.300. The first-order valence-electron chi connectivity index (χ1n) is 6.08. The van der Waals surface area contributed by atoms with Crippen LogP contribution in [-0.4, -0.2) is 11.2 Å². The third kappa shape index (κ3) is 1.52. The van der Waals surface area contributed by atoms with E-state index in [0.717, 1.165) is 12.8 Å². The van der Waals surface area contributed by atoms with E-state index >= 15 is 0 Å². The summed E-state index contributed by atoms with van der Waals surface area (Å²) >= 11 is 0. The van der Waals surface area contributed by atoms with Crippen molar-refractivity contribution in [1.82, 2.24) is 0 Å². The third-order valence-electron chi connectivity index (χ3n) is 4.12. The number of hydrogen-bond donors (Lipinski definition) is 1. The van der Waals surface area contributed by atoms with Crippen molar-refractivity contribution in [3.63, 3.8) is 0 Å². The Morgan fingerprint density at radius 3 is 3.00 bits per heavy atom. The van der Waals surface area contributed by atoms with Gasteiger partial charge in [-0.2, -0.15) is 0 Å². The lowest BCUT2D eigenvalue weighted by Crippen LogP contribution is -2.13. The highest BCUT2D eigenvalue weighted by Crippen LogP contribution is 2.54. The SMILES string of the molecule is CCCCC1=C2CCCC2(C)CC1O. The van der Waals surface area contributed by atoms with E-state index in [-0.39, 0.29) is 6.10 Å². The van der Waals surface area contributed by atoms with E-state index in [1.165, 1.54) is 37.7 Å². The van der Waals surface area contributed by atoms with Gasteiger partial charge in [-0.15, -0.1) is 0 Å². The summed E-state index contributed by atoms with van der Waals surface area (Å²) in [6.07, 6.45) is 8.41. The maximum absolute atomic E-state index is 10.0. The van der Waals surface area contributed by atoms with E-state index in [2.05, 4.69) is 13.8 Å². The largest absolute Gasteiger partial charge is 0.389 e. The van der Waals surface area contributed by atoms with Crippen LogP contribution >= 0.6 is 0 Å². The van der Waals surface area contributed by atoms with Crippen LogP contribution < -0.4 is 0 Å². The molecule has 2 rings (SSSR count). The van der Waals surface area contributed by atoms with Gasteiger partial charge >= 0.3 is 0 Å². The molecule has 1 nitrogen and oxygen atoms in total. The monoisotopic (exact) mass is 194 g/mol. The Balaban J connectivity index is 2.18. The van der Waals surface area contributed by atoms with Gasteiger partial charge in [-0.25, -0.2) is 0 Å². The Labute approximate surface area is 87.2 Å². The van der Waals surface area contributed by atoms with Crippen molar-refractivity contribution in [3.8, 4) is 0 Å². The molecule has 1 N–H and O–H groups in total. The summed E-state index contributed by atoms with van der Waals surface area (Å²) in [5.74, 6) is 0. The lowest BCUT2D eigenvalue weighted by molar-refractivity contribution is 0.173. The molecule has 0 spiro atoms. The Morgan fingerprint density at radius 2 is 2.29 bits per heavy atom. The summed E-state index contributed by atoms with van der Waals surface area (Å²) < 4.78 is 0. The molecule has 1 fully saturated rings. The number of aliphatic hydroxyl groups excluding tert-OH is 1. The molecule has 0 radical (unpaired) electrons. The minimum atomic E-state index is -0.109. The molecule has 1 heteroatoms. The van der Waals surface area contributed by atoms with Gasteiger partial charge in [0.05, 0.1) is 6.10 Å². The minimum Gasteiger partial charge on any atom is -0.389 e. The summed E-state index contributed by atoms with van der Waals surface area (Å²) in [6.45, 7) is 4.57. The van der Waals surface area contributed by atoms with Crippen LogP contribution in [0.5, 0.6) is 0 Å². The summed E-state index contributed by atoms with van der Waals surface area (Å²) in [6, 6.07) is 0. The van der Waals surface area contributed by atoms with E-state index in [1.807, 2.05) is 0 Å². The van der Waals surface area contributed by atoms with Crippen LogP contribution in [0.25, 0.3) is 0 Å². The first kappa shape index (κ1) is 10.2. The zero-order chi connectivity index (χ0) is 10.2. The molecule has 2 aliphatic carbocycles. The van der Waals surface area contributed by atoms with Gasteiger partial charge in [0, 0.05) is 0 Å². The smallest absolute Gasteiger partial charge is 0.0761 e. The van der Waals surface area contributed by atoms with Gasteiger partial charge in [-0.3, -0.25) is 0 Å². The molecule has 0 amide bonds. The molecule has 0 aliphatic heterocycles. The number of hydrogen-bond acceptors (Lipinski definition) is 1. The molecule has 2 unspecified atom stereocenters. The molecular weight excluding hydrogens is 172 g/mol. The molecule has 2 atom stereocenters. The second kappa shape index (κ2) is 3.69. The highest BCUT2D eigenvalue weighted by atomic mass is 16.3. The molecule has 0 aromatic rings. The number of fused-ring (bicyclic) bond motifs is 1. The average Bonchev–Trinajstić information content (AvgIpc) is 2.57. The van der Waals surface area contributed by atoms with E-state index in [4.69, 9.17) is 0 Å². The van der Waals surface area contributed by atoms with Crippen LogP contribution in [0.4, 0.5) is 0 Å². The second-order valence-corrected chi connectivity index (χ2v) is 5.24. The predicted octanol–water partition coefficient (Wildman–Crippen LogP) is 3.43. The van der Waals surface area contributed by atoms with Crippen LogP contribution in [0.2, 0.25) is 0 Å². The van der Waals surface area contributed by atoms with Crippen LogP contribution in [0.1, 0.15) is 58.8 Å². The molecular formula is C13H22O. The lowest BCUT2D eigenvalue weighted by Gasteiger charge is -2.20. The van der Waals surface area contributed by atoms with Crippen LogP contribution in [0.15, 0.2) is 11.1 Å². The van der Waals surface area contributed by atoms with Crippen molar-refractivity contribution in [2.45, 2.75) is 64.9 Å². The zero-order valence-electron chi connectivity index (χ0n) is 9.47. The first-order chi connectivity index (χ1) is 6.67. The maximum Gasteiger partial charge on any atom is 0.0761 e. The van der Waals surface area contributed by atoms with E-state index in [9.17, 15) is 5.11 Å². The molecule has 0 aromatic heterocycles. The van der Waals surface area contributed by atoms with Gasteiger partial charge in [-0.1, -0.05) is 25.8 Å². The third-order valence-corrected chi connectivity index (χ3v) is 4.12. The molecule has 0 bridgehead atoms. The Kier molecular flexibility index (Phi) is 2.70. The maximum atomic E-state index is 10.0. The van der Waals surface area contributed by atoms with E-state index in [0.29, 0.717) is 5.41 Å². The molecule has 0 saturated heterocycles. The minimum absolute atomic E-state index is 0.109. The Morgan fingerprint density at radius 1 is 1.50 bits per heavy atom. The summed E-state index contributed by atoms with van der Waals surface area (Å²) in [5.41, 5.74) is 3.41. The fourth-order valence-corrected chi connectivity index (χ4v) is 3.32. The standard InChI is InChI=1S/C13H22O/c1-3-4-6-10-11-7-5-8-13(11,2)9-12(10)14/h12,14H,3-9H2,1-2H3. The van der Waals surface area contributed by atoms with Gasteiger partial charge in [0.2, 0.25) is 0 Å². The normalized spacial score (nSPS) is 36.6. The lowest BCUT2D eigenvalue weighted by atomic mass is 9.85. The van der Waals surface area contributed by atoms with Gasteiger partial charge in [0.25, 0.3) is 0 Å². The van der Waals surface area contributed by atoms with Gasteiger partial charge in [0.1, 0.15) is 0 Å². The zero-order valence-corrected chi connectivity index (χ0v) is 9.47. The molecule has 0 heterocycles. The summed E-state index contributed by atoms with van der Waals surface area (Å²) in [5, 5.41) is 10.0. The second-order valence-electron chi connectivity index (χ2n) is 5.24. The molecule has 14 heavy (non-hydrogen) atoms. The fraction of sp³-hybridized carbons (Fsp3) is 0.846. The van der Waals surface area contributed by atoms with Crippen molar-refractivity contribution < 1.29 is 5.11 Å². The summed E-state index contributed by atoms with van der Waals surface area (Å²) in [7, 11) is 0. The average molecular weight is 194 g/mol. The number of unbranched alkanes of at least 4 members (excludes halogenated alkanes) is 1. The molecule has 80 valence electrons.